The van der Waals surface area contributed by atoms with Gasteiger partial charge in [0.05, 0.1) is 29.5 Å². The number of rotatable bonds is 6. The molecule has 0 N–H and O–H groups in total. The Hall–Kier alpha value is -2.61. The molecule has 1 aliphatic heterocycles. The third-order valence-corrected chi connectivity index (χ3v) is 3.17. The van der Waals surface area contributed by atoms with Crippen molar-refractivity contribution in [2.24, 2.45) is 16.0 Å². The van der Waals surface area contributed by atoms with Crippen molar-refractivity contribution in [2.75, 3.05) is 25.3 Å². The number of nitrogens with zero attached hydrogens (tertiary/aromatic N) is 4. The molecule has 1 heterocycles. The SMILES string of the molecule is COCCN=C[C@H]1C(=O)N(c2ccc([N+](=O)[O-])cc2)N=C1C. The minimum atomic E-state index is -0.507. The van der Waals surface area contributed by atoms with E-state index in [0.29, 0.717) is 24.6 Å². The minimum absolute atomic E-state index is 0.0335. The standard InChI is InChI=1S/C14H16N4O4/c1-10-13(9-15-7-8-22-2)14(19)17(16-10)11-3-5-12(6-4-11)18(20)21/h3-6,9,13H,7-8H2,1-2H3/t13-/m1/s1. The number of hydrogen-bond donors (Lipinski definition) is 0. The van der Waals surface area contributed by atoms with Gasteiger partial charge in [0.2, 0.25) is 0 Å². The van der Waals surface area contributed by atoms with E-state index in [2.05, 4.69) is 10.1 Å². The Morgan fingerprint density at radius 3 is 2.73 bits per heavy atom. The van der Waals surface area contributed by atoms with E-state index in [4.69, 9.17) is 4.74 Å². The third-order valence-electron chi connectivity index (χ3n) is 3.17. The van der Waals surface area contributed by atoms with Crippen molar-refractivity contribution in [2.45, 2.75) is 6.92 Å². The maximum Gasteiger partial charge on any atom is 0.269 e. The number of methoxy groups -OCH3 is 1. The van der Waals surface area contributed by atoms with Gasteiger partial charge in [-0.3, -0.25) is 19.9 Å². The maximum atomic E-state index is 12.4. The Morgan fingerprint density at radius 2 is 2.14 bits per heavy atom. The molecule has 22 heavy (non-hydrogen) atoms. The van der Waals surface area contributed by atoms with Crippen molar-refractivity contribution in [3.8, 4) is 0 Å². The van der Waals surface area contributed by atoms with E-state index in [0.717, 1.165) is 0 Å². The summed E-state index contributed by atoms with van der Waals surface area (Å²) in [5.74, 6) is -0.737. The van der Waals surface area contributed by atoms with Crippen LogP contribution in [0, 0.1) is 16.0 Å². The van der Waals surface area contributed by atoms with E-state index in [1.807, 2.05) is 0 Å². The molecule has 2 rings (SSSR count). The average molecular weight is 304 g/mol. The van der Waals surface area contributed by atoms with E-state index < -0.39 is 10.8 Å². The predicted molar refractivity (Wildman–Crippen MR) is 82.4 cm³/mol. The van der Waals surface area contributed by atoms with Crippen molar-refractivity contribution in [3.63, 3.8) is 0 Å². The third kappa shape index (κ3) is 3.34. The predicted octanol–water partition coefficient (Wildman–Crippen LogP) is 1.65. The van der Waals surface area contributed by atoms with E-state index in [1.54, 1.807) is 20.2 Å². The Kier molecular flexibility index (Phi) is 4.95. The summed E-state index contributed by atoms with van der Waals surface area (Å²) in [5, 5.41) is 16.1. The molecule has 1 aliphatic rings. The van der Waals surface area contributed by atoms with Gasteiger partial charge in [-0.2, -0.15) is 10.1 Å². The molecule has 1 aromatic carbocycles. The summed E-state index contributed by atoms with van der Waals surface area (Å²) in [4.78, 5) is 26.6. The number of anilines is 1. The van der Waals surface area contributed by atoms with Crippen LogP contribution in [0.3, 0.4) is 0 Å². The first-order valence-corrected chi connectivity index (χ1v) is 6.67. The second-order valence-electron chi connectivity index (χ2n) is 4.69. The lowest BCUT2D eigenvalue weighted by atomic mass is 10.1. The van der Waals surface area contributed by atoms with Gasteiger partial charge in [0.1, 0.15) is 5.92 Å². The maximum absolute atomic E-state index is 12.4. The summed E-state index contributed by atoms with van der Waals surface area (Å²) in [6.45, 7) is 2.71. The van der Waals surface area contributed by atoms with Gasteiger partial charge in [0, 0.05) is 25.5 Å². The fourth-order valence-electron chi connectivity index (χ4n) is 1.98. The van der Waals surface area contributed by atoms with Crippen LogP contribution in [0.1, 0.15) is 6.92 Å². The molecule has 0 bridgehead atoms. The number of non-ortho nitro benzene ring substituents is 1. The first-order chi connectivity index (χ1) is 10.5. The van der Waals surface area contributed by atoms with Crippen LogP contribution in [-0.4, -0.2) is 43.0 Å². The van der Waals surface area contributed by atoms with E-state index >= 15 is 0 Å². The molecule has 1 aromatic rings. The number of hydrazone groups is 1. The van der Waals surface area contributed by atoms with Crippen LogP contribution < -0.4 is 5.01 Å². The Morgan fingerprint density at radius 1 is 1.45 bits per heavy atom. The molecule has 0 saturated heterocycles. The molecule has 0 spiro atoms. The zero-order valence-corrected chi connectivity index (χ0v) is 12.3. The zero-order valence-electron chi connectivity index (χ0n) is 12.3. The summed E-state index contributed by atoms with van der Waals surface area (Å²) in [7, 11) is 1.58. The number of aliphatic imine (C=N–C) groups is 1. The summed E-state index contributed by atoms with van der Waals surface area (Å²) < 4.78 is 4.89. The lowest BCUT2D eigenvalue weighted by Gasteiger charge is -2.12. The van der Waals surface area contributed by atoms with Crippen LogP contribution in [0.2, 0.25) is 0 Å². The highest BCUT2D eigenvalue weighted by molar-refractivity contribution is 6.23. The number of benzene rings is 1. The number of nitro groups is 1. The van der Waals surface area contributed by atoms with Gasteiger partial charge in [-0.15, -0.1) is 0 Å². The Labute approximate surface area is 127 Å². The quantitative estimate of drug-likeness (QED) is 0.345. The van der Waals surface area contributed by atoms with Crippen molar-refractivity contribution in [1.29, 1.82) is 0 Å². The summed E-state index contributed by atoms with van der Waals surface area (Å²) in [6.07, 6.45) is 1.56. The number of carbonyl (C=O) groups is 1. The molecule has 8 nitrogen and oxygen atoms in total. The molecule has 0 aliphatic carbocycles. The first-order valence-electron chi connectivity index (χ1n) is 6.67. The van der Waals surface area contributed by atoms with Crippen LogP contribution in [-0.2, 0) is 9.53 Å². The number of amides is 1. The van der Waals surface area contributed by atoms with Crippen LogP contribution in [0.25, 0.3) is 0 Å². The summed E-state index contributed by atoms with van der Waals surface area (Å²) in [5.41, 5.74) is 1.08. The van der Waals surface area contributed by atoms with Gasteiger partial charge in [-0.05, 0) is 19.1 Å². The molecule has 0 aromatic heterocycles. The fourth-order valence-corrected chi connectivity index (χ4v) is 1.98. The summed E-state index contributed by atoms with van der Waals surface area (Å²) in [6, 6.07) is 5.68. The molecule has 0 fully saturated rings. The van der Waals surface area contributed by atoms with Crippen LogP contribution in [0.4, 0.5) is 11.4 Å². The second kappa shape index (κ2) is 6.90. The van der Waals surface area contributed by atoms with Gasteiger partial charge in [-0.25, -0.2) is 0 Å². The zero-order chi connectivity index (χ0) is 16.1. The van der Waals surface area contributed by atoms with Crippen molar-refractivity contribution >= 4 is 29.2 Å². The molecule has 0 saturated carbocycles. The molecular weight excluding hydrogens is 288 g/mol. The van der Waals surface area contributed by atoms with E-state index in [-0.39, 0.29) is 11.6 Å². The Balaban J connectivity index is 2.12. The fraction of sp³-hybridized carbons (Fsp3) is 0.357. The van der Waals surface area contributed by atoms with Crippen molar-refractivity contribution in [1.82, 2.24) is 0 Å². The highest BCUT2D eigenvalue weighted by atomic mass is 16.6. The lowest BCUT2D eigenvalue weighted by molar-refractivity contribution is -0.384. The highest BCUT2D eigenvalue weighted by Crippen LogP contribution is 2.25. The molecule has 1 amide bonds. The number of ether oxygens (including phenoxy) is 1. The smallest absolute Gasteiger partial charge is 0.269 e. The van der Waals surface area contributed by atoms with E-state index in [9.17, 15) is 14.9 Å². The average Bonchev–Trinajstić information content (AvgIpc) is 2.79. The lowest BCUT2D eigenvalue weighted by Crippen LogP contribution is -2.28. The summed E-state index contributed by atoms with van der Waals surface area (Å²) >= 11 is 0. The normalized spacial score (nSPS) is 18.1. The van der Waals surface area contributed by atoms with E-state index in [1.165, 1.54) is 29.3 Å². The van der Waals surface area contributed by atoms with Gasteiger partial charge < -0.3 is 4.74 Å². The van der Waals surface area contributed by atoms with Crippen LogP contribution in [0.5, 0.6) is 0 Å². The molecule has 0 radical (unpaired) electrons. The van der Waals surface area contributed by atoms with Crippen molar-refractivity contribution in [3.05, 3.63) is 34.4 Å². The van der Waals surface area contributed by atoms with Gasteiger partial charge in [0.25, 0.3) is 11.6 Å². The largest absolute Gasteiger partial charge is 0.383 e. The Bertz CT molecular complexity index is 624. The number of carbonyl (C=O) groups excluding carboxylic acids is 1. The highest BCUT2D eigenvalue weighted by Gasteiger charge is 2.33. The number of nitro benzene ring substituents is 1. The van der Waals surface area contributed by atoms with Gasteiger partial charge >= 0.3 is 0 Å². The number of hydrogen-bond acceptors (Lipinski definition) is 6. The van der Waals surface area contributed by atoms with Gasteiger partial charge in [0.15, 0.2) is 0 Å². The molecule has 116 valence electrons. The first kappa shape index (κ1) is 15.8. The second-order valence-corrected chi connectivity index (χ2v) is 4.69. The molecular formula is C14H16N4O4. The molecule has 8 heteroatoms. The van der Waals surface area contributed by atoms with Crippen molar-refractivity contribution < 1.29 is 14.5 Å². The minimum Gasteiger partial charge on any atom is -0.383 e. The molecule has 0 unspecified atom stereocenters. The van der Waals surface area contributed by atoms with Crippen LogP contribution in [0.15, 0.2) is 34.4 Å². The monoisotopic (exact) mass is 304 g/mol. The van der Waals surface area contributed by atoms with Gasteiger partial charge in [-0.1, -0.05) is 0 Å². The topological polar surface area (TPSA) is 97.4 Å². The van der Waals surface area contributed by atoms with Crippen LogP contribution >= 0.6 is 0 Å². The molecule has 1 atom stereocenters.